The van der Waals surface area contributed by atoms with Gasteiger partial charge in [0.15, 0.2) is 11.9 Å². The highest BCUT2D eigenvalue weighted by Crippen LogP contribution is 2.16. The number of carbonyl (C=O) groups is 9. The summed E-state index contributed by atoms with van der Waals surface area (Å²) in [4.78, 5) is 130. The summed E-state index contributed by atoms with van der Waals surface area (Å²) in [6.07, 6.45) is 0.222. The first-order chi connectivity index (χ1) is 35.0. The van der Waals surface area contributed by atoms with Crippen LogP contribution in [0.25, 0.3) is 0 Å². The molecule has 75 heavy (non-hydrogen) atoms. The Balaban J connectivity index is 6.60. The standard InChI is InChI=1S/C48H91N15O12/c1-12-25(8)34(42(70)57-31(21-23(4)5)40(68)59-33(24(6)7)46(74)75)61-39(67)30(18-16-20-55-48(52)53)56-41(69)32(22-64)58-45(73)37(28(11)65)63-44(72)36(27(10)14-3)62-43(71)35(26(9)13-2)60-38(66)29(49)17-15-19-54-47(50)51/h23-37,64-65H,12-22,49H2,1-11H3,(H,56,69)(H,57,70)(H,58,73)(H,59,68)(H,60,66)(H,61,67)(H,62,71)(H,63,72)(H,74,75)(H4,50,51,54)(H4,52,53,55)/t25-,26-,27-,28+,29-,30-,31-,32-,33-,34-,35-,36-,37-/m0/s1. The number of carbonyl (C=O) groups excluding carboxylic acids is 8. The zero-order valence-corrected chi connectivity index (χ0v) is 45.7. The first-order valence-electron chi connectivity index (χ1n) is 25.8. The summed E-state index contributed by atoms with van der Waals surface area (Å²) in [5.41, 5.74) is 27.8. The Kier molecular flexibility index (Phi) is 32.0. The molecular weight excluding hydrogens is 979 g/mol. The molecule has 0 saturated carbocycles. The van der Waals surface area contributed by atoms with Crippen molar-refractivity contribution in [1.82, 2.24) is 42.5 Å². The summed E-state index contributed by atoms with van der Waals surface area (Å²) in [6.45, 7) is 17.6. The third-order valence-electron chi connectivity index (χ3n) is 12.7. The molecule has 0 unspecified atom stereocenters. The van der Waals surface area contributed by atoms with Crippen molar-refractivity contribution < 1.29 is 58.5 Å². The summed E-state index contributed by atoms with van der Waals surface area (Å²) in [7, 11) is 0. The van der Waals surface area contributed by atoms with Crippen LogP contribution in [0.2, 0.25) is 0 Å². The number of carboxylic acid groups (broad SMARTS) is 1. The molecule has 0 aliphatic carbocycles. The molecule has 0 saturated heterocycles. The van der Waals surface area contributed by atoms with Gasteiger partial charge < -0.3 is 86.5 Å². The lowest BCUT2D eigenvalue weighted by Crippen LogP contribution is -2.63. The van der Waals surface area contributed by atoms with Crippen LogP contribution in [-0.4, -0.2) is 161 Å². The number of nitrogens with two attached hydrogens (primary N) is 5. The summed E-state index contributed by atoms with van der Waals surface area (Å²) in [6, 6.07) is -12.2. The van der Waals surface area contributed by atoms with Gasteiger partial charge in [0.1, 0.15) is 48.3 Å². The Bertz CT molecular complexity index is 1930. The van der Waals surface area contributed by atoms with Crippen LogP contribution in [0.1, 0.15) is 128 Å². The van der Waals surface area contributed by atoms with Crippen LogP contribution in [0, 0.1) is 29.6 Å². The molecule has 0 radical (unpaired) electrons. The molecule has 0 fully saturated rings. The lowest BCUT2D eigenvalue weighted by molar-refractivity contribution is -0.143. The second-order valence-corrected chi connectivity index (χ2v) is 19.9. The van der Waals surface area contributed by atoms with Crippen LogP contribution in [0.4, 0.5) is 0 Å². The molecular formula is C48H91N15O12. The maximum Gasteiger partial charge on any atom is 0.326 e. The van der Waals surface area contributed by atoms with Crippen molar-refractivity contribution in [1.29, 1.82) is 0 Å². The van der Waals surface area contributed by atoms with E-state index >= 15 is 0 Å². The van der Waals surface area contributed by atoms with Crippen LogP contribution in [0.5, 0.6) is 0 Å². The van der Waals surface area contributed by atoms with Gasteiger partial charge in [0.2, 0.25) is 47.3 Å². The Hall–Kier alpha value is -6.35. The van der Waals surface area contributed by atoms with Gasteiger partial charge in [-0.05, 0) is 68.6 Å². The molecule has 0 rings (SSSR count). The van der Waals surface area contributed by atoms with Crippen molar-refractivity contribution in [3.05, 3.63) is 0 Å². The first-order valence-corrected chi connectivity index (χ1v) is 25.8. The number of nitrogens with one attached hydrogen (secondary N) is 8. The van der Waals surface area contributed by atoms with E-state index in [1.165, 1.54) is 6.92 Å². The summed E-state index contributed by atoms with van der Waals surface area (Å²) in [5, 5.41) is 51.2. The lowest BCUT2D eigenvalue weighted by atomic mass is 9.94. The van der Waals surface area contributed by atoms with Gasteiger partial charge in [0.05, 0.1) is 18.8 Å². The number of hydrogen-bond acceptors (Lipinski definition) is 14. The lowest BCUT2D eigenvalue weighted by Gasteiger charge is -2.31. The van der Waals surface area contributed by atoms with Gasteiger partial charge in [-0.1, -0.05) is 88.5 Å². The minimum atomic E-state index is -1.78. The maximum atomic E-state index is 14.1. The Labute approximate surface area is 441 Å². The van der Waals surface area contributed by atoms with Gasteiger partial charge in [-0.25, -0.2) is 4.79 Å². The topological polar surface area (TPSA) is 465 Å². The number of amides is 8. The molecule has 27 nitrogen and oxygen atoms in total. The molecule has 0 aliphatic heterocycles. The largest absolute Gasteiger partial charge is 0.480 e. The molecule has 13 atom stereocenters. The quantitative estimate of drug-likeness (QED) is 0.0165. The van der Waals surface area contributed by atoms with E-state index in [2.05, 4.69) is 52.5 Å². The van der Waals surface area contributed by atoms with Gasteiger partial charge in [-0.2, -0.15) is 0 Å². The summed E-state index contributed by atoms with van der Waals surface area (Å²) in [5.74, 6) is -10.6. The average Bonchev–Trinajstić information content (AvgIpc) is 3.33. The number of aliphatic hydroxyl groups excluding tert-OH is 2. The number of aliphatic carboxylic acids is 1. The van der Waals surface area contributed by atoms with E-state index < -0.39 is 144 Å². The third-order valence-corrected chi connectivity index (χ3v) is 12.7. The van der Waals surface area contributed by atoms with E-state index in [0.717, 1.165) is 0 Å². The molecule has 21 N–H and O–H groups in total. The Morgan fingerprint density at radius 3 is 1.21 bits per heavy atom. The first kappa shape index (κ1) is 68.7. The van der Waals surface area contributed by atoms with Gasteiger partial charge >= 0.3 is 5.97 Å². The molecule has 0 aliphatic rings. The van der Waals surface area contributed by atoms with Crippen molar-refractivity contribution in [2.24, 2.45) is 68.2 Å². The number of guanidine groups is 2. The van der Waals surface area contributed by atoms with Crippen LogP contribution in [0.3, 0.4) is 0 Å². The predicted molar refractivity (Wildman–Crippen MR) is 282 cm³/mol. The van der Waals surface area contributed by atoms with Crippen molar-refractivity contribution in [3.63, 3.8) is 0 Å². The molecule has 8 amide bonds. The van der Waals surface area contributed by atoms with Crippen molar-refractivity contribution >= 4 is 65.1 Å². The van der Waals surface area contributed by atoms with Gasteiger partial charge in [-0.3, -0.25) is 48.3 Å². The van der Waals surface area contributed by atoms with Gasteiger partial charge in [0, 0.05) is 13.1 Å². The number of aliphatic hydroxyl groups is 2. The van der Waals surface area contributed by atoms with E-state index in [1.54, 1.807) is 69.2 Å². The minimum absolute atomic E-state index is 0.00880. The SMILES string of the molecule is CC[C@H](C)[C@H](NC(=O)[C@H](CCCN=C(N)N)NC(=O)[C@H](CO)NC(=O)[C@@H](NC(=O)[C@@H](NC(=O)[C@@H](NC(=O)[C@@H](N)CCCN=C(N)N)[C@@H](C)CC)[C@@H](C)CC)[C@@H](C)O)C(=O)N[C@@H](CC(C)C)C(=O)N[C@H](C(=O)O)C(C)C. The number of rotatable bonds is 36. The minimum Gasteiger partial charge on any atom is -0.480 e. The molecule has 0 spiro atoms. The zero-order chi connectivity index (χ0) is 57.9. The highest BCUT2D eigenvalue weighted by atomic mass is 16.4. The molecule has 0 bridgehead atoms. The molecule has 0 aromatic heterocycles. The predicted octanol–water partition coefficient (Wildman–Crippen LogP) is -3.40. The maximum absolute atomic E-state index is 14.1. The third kappa shape index (κ3) is 25.2. The van der Waals surface area contributed by atoms with E-state index in [-0.39, 0.29) is 56.6 Å². The molecule has 430 valence electrons. The van der Waals surface area contributed by atoms with Crippen LogP contribution in [-0.2, 0) is 43.2 Å². The van der Waals surface area contributed by atoms with Crippen LogP contribution >= 0.6 is 0 Å². The zero-order valence-electron chi connectivity index (χ0n) is 45.7. The molecule has 0 aromatic rings. The van der Waals surface area contributed by atoms with E-state index in [9.17, 15) is 58.5 Å². The highest BCUT2D eigenvalue weighted by Gasteiger charge is 2.38. The van der Waals surface area contributed by atoms with E-state index in [0.29, 0.717) is 25.7 Å². The smallest absolute Gasteiger partial charge is 0.326 e. The van der Waals surface area contributed by atoms with Crippen LogP contribution < -0.4 is 71.2 Å². The fourth-order valence-corrected chi connectivity index (χ4v) is 7.39. The highest BCUT2D eigenvalue weighted by molar-refractivity contribution is 5.98. The van der Waals surface area contributed by atoms with Crippen molar-refractivity contribution in [3.8, 4) is 0 Å². The molecule has 0 aromatic carbocycles. The Morgan fingerprint density at radius 1 is 0.467 bits per heavy atom. The van der Waals surface area contributed by atoms with Crippen molar-refractivity contribution in [2.45, 2.75) is 188 Å². The number of carboxylic acids is 1. The summed E-state index contributed by atoms with van der Waals surface area (Å²) < 4.78 is 0. The number of hydrogen-bond donors (Lipinski definition) is 16. The van der Waals surface area contributed by atoms with E-state index in [4.69, 9.17) is 28.7 Å². The normalized spacial score (nSPS) is 16.5. The van der Waals surface area contributed by atoms with Crippen LogP contribution in [0.15, 0.2) is 9.98 Å². The second-order valence-electron chi connectivity index (χ2n) is 19.9. The Morgan fingerprint density at radius 2 is 0.813 bits per heavy atom. The number of nitrogens with zero attached hydrogens (tertiary/aromatic N) is 2. The monoisotopic (exact) mass is 1070 g/mol. The van der Waals surface area contributed by atoms with Gasteiger partial charge in [-0.15, -0.1) is 0 Å². The number of aliphatic imine (C=N–C) groups is 2. The fourth-order valence-electron chi connectivity index (χ4n) is 7.39. The second kappa shape index (κ2) is 35.0. The van der Waals surface area contributed by atoms with Gasteiger partial charge in [0.25, 0.3) is 0 Å². The van der Waals surface area contributed by atoms with E-state index in [1.807, 2.05) is 0 Å². The summed E-state index contributed by atoms with van der Waals surface area (Å²) >= 11 is 0. The molecule has 27 heteroatoms. The molecule has 0 heterocycles. The van der Waals surface area contributed by atoms with Crippen molar-refractivity contribution in [2.75, 3.05) is 19.7 Å². The average molecular weight is 1070 g/mol. The fraction of sp³-hybridized carbons (Fsp3) is 0.771.